The number of para-hydroxylation sites is 1. The smallest absolute Gasteiger partial charge is 0.344 e. The third-order valence-electron chi connectivity index (χ3n) is 3.04. The van der Waals surface area contributed by atoms with Crippen molar-refractivity contribution in [2.24, 2.45) is 5.10 Å². The molecule has 1 aliphatic heterocycles. The topological polar surface area (TPSA) is 77.6 Å². The molecule has 3 rings (SSSR count). The Morgan fingerprint density at radius 1 is 1.32 bits per heavy atom. The molecular weight excluding hydrogens is 244 g/mol. The number of nitrogens with zero attached hydrogens (tertiary/aromatic N) is 2. The fraction of sp³-hybridized carbons (Fsp3) is 0.154. The van der Waals surface area contributed by atoms with Crippen molar-refractivity contribution in [3.05, 3.63) is 35.5 Å². The largest absolute Gasteiger partial charge is 0.358 e. The lowest BCUT2D eigenvalue weighted by atomic mass is 10.1. The Hall–Kier alpha value is -2.63. The lowest BCUT2D eigenvalue weighted by Gasteiger charge is -2.04. The van der Waals surface area contributed by atoms with Gasteiger partial charge in [-0.3, -0.25) is 10.1 Å². The fourth-order valence-electron chi connectivity index (χ4n) is 2.12. The van der Waals surface area contributed by atoms with Gasteiger partial charge in [0.15, 0.2) is 0 Å². The number of hydrazone groups is 1. The number of hydrogen-bond acceptors (Lipinski definition) is 3. The van der Waals surface area contributed by atoms with Crippen molar-refractivity contribution in [2.75, 3.05) is 6.54 Å². The quantitative estimate of drug-likeness (QED) is 0.628. The van der Waals surface area contributed by atoms with Gasteiger partial charge in [-0.1, -0.05) is 18.2 Å². The highest BCUT2D eigenvalue weighted by Gasteiger charge is 2.26. The van der Waals surface area contributed by atoms with Crippen LogP contribution in [0.5, 0.6) is 0 Å². The molecule has 2 heterocycles. The Labute approximate surface area is 109 Å². The first-order chi connectivity index (χ1) is 9.15. The first kappa shape index (κ1) is 11.5. The summed E-state index contributed by atoms with van der Waals surface area (Å²) >= 11 is 0. The van der Waals surface area contributed by atoms with Crippen LogP contribution in [0.25, 0.3) is 10.9 Å². The zero-order valence-corrected chi connectivity index (χ0v) is 10.3. The van der Waals surface area contributed by atoms with E-state index in [2.05, 4.69) is 15.4 Å². The van der Waals surface area contributed by atoms with Crippen LogP contribution in [-0.4, -0.2) is 34.7 Å². The SMILES string of the molecule is Cc1[nH]c2ccccc2c1/C=N\N1CC(=O)NC1=O. The molecule has 0 unspecified atom stereocenters. The van der Waals surface area contributed by atoms with Crippen molar-refractivity contribution >= 4 is 29.1 Å². The number of carbonyl (C=O) groups is 2. The van der Waals surface area contributed by atoms with E-state index in [1.54, 1.807) is 6.21 Å². The number of hydrogen-bond donors (Lipinski definition) is 2. The van der Waals surface area contributed by atoms with E-state index in [0.717, 1.165) is 27.2 Å². The molecule has 1 aliphatic rings. The van der Waals surface area contributed by atoms with Gasteiger partial charge >= 0.3 is 6.03 Å². The molecule has 0 bridgehead atoms. The van der Waals surface area contributed by atoms with Crippen LogP contribution in [0, 0.1) is 6.92 Å². The minimum Gasteiger partial charge on any atom is -0.358 e. The minimum absolute atomic E-state index is 0.0310. The van der Waals surface area contributed by atoms with Gasteiger partial charge in [0.25, 0.3) is 0 Å². The third kappa shape index (κ3) is 1.97. The summed E-state index contributed by atoms with van der Waals surface area (Å²) in [6, 6.07) is 7.37. The van der Waals surface area contributed by atoms with E-state index in [4.69, 9.17) is 0 Å². The molecule has 19 heavy (non-hydrogen) atoms. The van der Waals surface area contributed by atoms with E-state index >= 15 is 0 Å². The normalized spacial score (nSPS) is 15.7. The summed E-state index contributed by atoms with van der Waals surface area (Å²) in [7, 11) is 0. The molecule has 0 spiro atoms. The summed E-state index contributed by atoms with van der Waals surface area (Å²) in [5, 5.41) is 8.39. The molecule has 1 aromatic heterocycles. The van der Waals surface area contributed by atoms with Gasteiger partial charge in [-0.15, -0.1) is 0 Å². The van der Waals surface area contributed by atoms with E-state index in [-0.39, 0.29) is 12.5 Å². The number of imide groups is 1. The van der Waals surface area contributed by atoms with Gasteiger partial charge in [0.05, 0.1) is 6.21 Å². The van der Waals surface area contributed by atoms with Gasteiger partial charge in [-0.05, 0) is 13.0 Å². The molecule has 3 amide bonds. The van der Waals surface area contributed by atoms with Crippen molar-refractivity contribution in [1.29, 1.82) is 0 Å². The molecule has 6 nitrogen and oxygen atoms in total. The van der Waals surface area contributed by atoms with Crippen LogP contribution in [0.1, 0.15) is 11.3 Å². The maximum atomic E-state index is 11.4. The van der Waals surface area contributed by atoms with Crippen LogP contribution >= 0.6 is 0 Å². The highest BCUT2D eigenvalue weighted by molar-refractivity contribution is 6.04. The number of nitrogens with one attached hydrogen (secondary N) is 2. The fourth-order valence-corrected chi connectivity index (χ4v) is 2.12. The van der Waals surface area contributed by atoms with Crippen LogP contribution in [0.4, 0.5) is 4.79 Å². The molecule has 0 saturated carbocycles. The maximum Gasteiger partial charge on any atom is 0.344 e. The molecule has 1 saturated heterocycles. The van der Waals surface area contributed by atoms with Gasteiger partial charge in [-0.2, -0.15) is 5.10 Å². The Balaban J connectivity index is 1.95. The number of aryl methyl sites for hydroxylation is 1. The number of H-pyrrole nitrogens is 1. The summed E-state index contributed by atoms with van der Waals surface area (Å²) in [6.45, 7) is 1.91. The highest BCUT2D eigenvalue weighted by atomic mass is 16.2. The van der Waals surface area contributed by atoms with Crippen LogP contribution in [0.3, 0.4) is 0 Å². The molecule has 1 fully saturated rings. The van der Waals surface area contributed by atoms with Crippen molar-refractivity contribution in [1.82, 2.24) is 15.3 Å². The van der Waals surface area contributed by atoms with Crippen molar-refractivity contribution < 1.29 is 9.59 Å². The molecule has 6 heteroatoms. The zero-order chi connectivity index (χ0) is 13.4. The number of aromatic nitrogens is 1. The van der Waals surface area contributed by atoms with Crippen molar-refractivity contribution in [3.8, 4) is 0 Å². The molecule has 96 valence electrons. The van der Waals surface area contributed by atoms with Crippen LogP contribution in [0.2, 0.25) is 0 Å². The van der Waals surface area contributed by atoms with E-state index in [0.29, 0.717) is 0 Å². The predicted octanol–water partition coefficient (Wildman–Crippen LogP) is 1.36. The minimum atomic E-state index is -0.487. The van der Waals surface area contributed by atoms with Crippen molar-refractivity contribution in [2.45, 2.75) is 6.92 Å². The highest BCUT2D eigenvalue weighted by Crippen LogP contribution is 2.20. The predicted molar refractivity (Wildman–Crippen MR) is 70.9 cm³/mol. The summed E-state index contributed by atoms with van der Waals surface area (Å²) < 4.78 is 0. The summed E-state index contributed by atoms with van der Waals surface area (Å²) in [6.07, 6.45) is 1.60. The second-order valence-electron chi connectivity index (χ2n) is 4.36. The Morgan fingerprint density at radius 3 is 2.84 bits per heavy atom. The lowest BCUT2D eigenvalue weighted by Crippen LogP contribution is -2.24. The van der Waals surface area contributed by atoms with Crippen LogP contribution < -0.4 is 5.32 Å². The Kier molecular flexibility index (Phi) is 2.56. The molecule has 2 aromatic rings. The number of amides is 3. The van der Waals surface area contributed by atoms with Crippen molar-refractivity contribution in [3.63, 3.8) is 0 Å². The average molecular weight is 256 g/mol. The molecule has 0 radical (unpaired) electrons. The monoisotopic (exact) mass is 256 g/mol. The molecule has 0 atom stereocenters. The second-order valence-corrected chi connectivity index (χ2v) is 4.36. The number of carbonyl (C=O) groups excluding carboxylic acids is 2. The zero-order valence-electron chi connectivity index (χ0n) is 10.3. The van der Waals surface area contributed by atoms with E-state index in [1.165, 1.54) is 0 Å². The summed E-state index contributed by atoms with van der Waals surface area (Å²) in [5.74, 6) is -0.335. The van der Waals surface area contributed by atoms with Gasteiger partial charge in [0, 0.05) is 22.2 Å². The third-order valence-corrected chi connectivity index (χ3v) is 3.04. The Morgan fingerprint density at radius 2 is 2.11 bits per heavy atom. The average Bonchev–Trinajstić information content (AvgIpc) is 2.86. The maximum absolute atomic E-state index is 11.4. The lowest BCUT2D eigenvalue weighted by molar-refractivity contribution is -0.118. The standard InChI is InChI=1S/C13H12N4O2/c1-8-10(9-4-2-3-5-11(9)15-8)6-14-17-7-12(18)16-13(17)19/h2-6,15H,7H2,1H3,(H,16,18,19)/b14-6-. The first-order valence-electron chi connectivity index (χ1n) is 5.88. The van der Waals surface area contributed by atoms with Crippen LogP contribution in [-0.2, 0) is 4.79 Å². The molecule has 1 aromatic carbocycles. The number of urea groups is 1. The van der Waals surface area contributed by atoms with Crippen LogP contribution in [0.15, 0.2) is 29.4 Å². The van der Waals surface area contributed by atoms with E-state index in [1.807, 2.05) is 31.2 Å². The summed E-state index contributed by atoms with van der Waals surface area (Å²) in [4.78, 5) is 25.7. The molecular formula is C13H12N4O2. The van der Waals surface area contributed by atoms with E-state index < -0.39 is 6.03 Å². The molecule has 0 aliphatic carbocycles. The van der Waals surface area contributed by atoms with Gasteiger partial charge in [0.2, 0.25) is 5.91 Å². The number of aromatic amines is 1. The Bertz CT molecular complexity index is 702. The number of benzene rings is 1. The second kappa shape index (κ2) is 4.24. The van der Waals surface area contributed by atoms with Gasteiger partial charge < -0.3 is 4.98 Å². The van der Waals surface area contributed by atoms with Gasteiger partial charge in [0.1, 0.15) is 6.54 Å². The van der Waals surface area contributed by atoms with E-state index in [9.17, 15) is 9.59 Å². The summed E-state index contributed by atoms with van der Waals surface area (Å²) in [5.41, 5.74) is 2.90. The molecule has 2 N–H and O–H groups in total. The first-order valence-corrected chi connectivity index (χ1v) is 5.88. The van der Waals surface area contributed by atoms with Gasteiger partial charge in [-0.25, -0.2) is 9.80 Å². The number of rotatable bonds is 2. The number of fused-ring (bicyclic) bond motifs is 1.